The van der Waals surface area contributed by atoms with Gasteiger partial charge in [-0.05, 0) is 62.4 Å². The van der Waals surface area contributed by atoms with E-state index in [0.717, 1.165) is 30.9 Å². The molecule has 1 aromatic heterocycles. The van der Waals surface area contributed by atoms with Crippen molar-refractivity contribution in [3.63, 3.8) is 0 Å². The molecule has 2 fully saturated rings. The molecule has 5 rings (SSSR count). The third-order valence-corrected chi connectivity index (χ3v) is 7.06. The first kappa shape index (κ1) is 22.3. The van der Waals surface area contributed by atoms with Crippen molar-refractivity contribution in [1.29, 1.82) is 0 Å². The van der Waals surface area contributed by atoms with Gasteiger partial charge in [0.05, 0.1) is 10.5 Å². The van der Waals surface area contributed by atoms with Gasteiger partial charge in [0, 0.05) is 17.1 Å². The van der Waals surface area contributed by atoms with Gasteiger partial charge in [0.2, 0.25) is 11.8 Å². The Hall–Kier alpha value is -3.46. The smallest absolute Gasteiger partial charge is 0.269 e. The highest BCUT2D eigenvalue weighted by Gasteiger charge is 2.51. The van der Waals surface area contributed by atoms with Crippen LogP contribution in [-0.4, -0.2) is 44.5 Å². The molecule has 3 atom stereocenters. The van der Waals surface area contributed by atoms with Gasteiger partial charge in [-0.1, -0.05) is 23.2 Å². The van der Waals surface area contributed by atoms with Gasteiger partial charge in [0.15, 0.2) is 5.69 Å². The topological polar surface area (TPSA) is 110 Å². The number of piperidine rings is 1. The number of carbonyl (C=O) groups excluding carboxylic acids is 3. The molecule has 2 aliphatic rings. The second-order valence-corrected chi connectivity index (χ2v) is 9.39. The molecule has 176 valence electrons. The van der Waals surface area contributed by atoms with Crippen molar-refractivity contribution in [2.24, 2.45) is 11.7 Å². The molecule has 8 nitrogen and oxygen atoms in total. The van der Waals surface area contributed by atoms with E-state index in [1.807, 2.05) is 19.1 Å². The molecule has 3 amide bonds. The highest BCUT2D eigenvalue weighted by molar-refractivity contribution is 6.30. The Morgan fingerprint density at radius 3 is 2.74 bits per heavy atom. The Morgan fingerprint density at radius 1 is 1.21 bits per heavy atom. The normalized spacial score (nSPS) is 21.3. The van der Waals surface area contributed by atoms with E-state index in [9.17, 15) is 18.8 Å². The molecule has 10 heteroatoms. The van der Waals surface area contributed by atoms with E-state index in [0.29, 0.717) is 10.9 Å². The van der Waals surface area contributed by atoms with Crippen LogP contribution in [0.15, 0.2) is 36.4 Å². The average molecular weight is 484 g/mol. The zero-order valence-electron chi connectivity index (χ0n) is 18.4. The molecular formula is C24H23ClFN5O3. The Balaban J connectivity index is 1.41. The number of anilines is 1. The maximum atomic E-state index is 13.8. The monoisotopic (exact) mass is 483 g/mol. The van der Waals surface area contributed by atoms with Crippen LogP contribution in [0.25, 0.3) is 10.9 Å². The summed E-state index contributed by atoms with van der Waals surface area (Å²) in [6.07, 6.45) is 2.41. The van der Waals surface area contributed by atoms with E-state index >= 15 is 0 Å². The lowest BCUT2D eigenvalue weighted by molar-refractivity contribution is -0.141. The number of hydrogen-bond acceptors (Lipinski definition) is 4. The number of fused-ring (bicyclic) bond motifs is 3. The molecule has 3 N–H and O–H groups in total. The summed E-state index contributed by atoms with van der Waals surface area (Å²) >= 11 is 5.73. The van der Waals surface area contributed by atoms with Crippen LogP contribution in [-0.2, 0) is 16.1 Å². The summed E-state index contributed by atoms with van der Waals surface area (Å²) in [4.78, 5) is 40.2. The second-order valence-electron chi connectivity index (χ2n) is 8.98. The van der Waals surface area contributed by atoms with Crippen LogP contribution in [0.3, 0.4) is 0 Å². The van der Waals surface area contributed by atoms with Gasteiger partial charge in [0.25, 0.3) is 5.91 Å². The van der Waals surface area contributed by atoms with Crippen molar-refractivity contribution in [2.75, 3.05) is 5.32 Å². The van der Waals surface area contributed by atoms with Gasteiger partial charge >= 0.3 is 0 Å². The van der Waals surface area contributed by atoms with E-state index in [4.69, 9.17) is 17.3 Å². The molecule has 1 aliphatic heterocycles. The lowest BCUT2D eigenvalue weighted by Crippen LogP contribution is -2.52. The molecule has 2 bridgehead atoms. The predicted octanol–water partition coefficient (Wildman–Crippen LogP) is 3.25. The van der Waals surface area contributed by atoms with Crippen molar-refractivity contribution in [3.8, 4) is 0 Å². The summed E-state index contributed by atoms with van der Waals surface area (Å²) < 4.78 is 15.3. The van der Waals surface area contributed by atoms with Crippen LogP contribution in [0.1, 0.15) is 35.3 Å². The summed E-state index contributed by atoms with van der Waals surface area (Å²) in [7, 11) is 0. The highest BCUT2D eigenvalue weighted by atomic mass is 35.5. The van der Waals surface area contributed by atoms with Gasteiger partial charge in [-0.2, -0.15) is 5.10 Å². The van der Waals surface area contributed by atoms with Crippen molar-refractivity contribution in [1.82, 2.24) is 14.7 Å². The number of carbonyl (C=O) groups is 3. The van der Waals surface area contributed by atoms with Gasteiger partial charge in [-0.3, -0.25) is 19.1 Å². The fourth-order valence-electron chi connectivity index (χ4n) is 5.28. The highest BCUT2D eigenvalue weighted by Crippen LogP contribution is 2.43. The van der Waals surface area contributed by atoms with E-state index in [1.165, 1.54) is 16.8 Å². The molecule has 2 aromatic carbocycles. The van der Waals surface area contributed by atoms with Crippen LogP contribution < -0.4 is 11.1 Å². The van der Waals surface area contributed by atoms with E-state index in [2.05, 4.69) is 10.4 Å². The first-order chi connectivity index (χ1) is 16.2. The van der Waals surface area contributed by atoms with Crippen LogP contribution in [0, 0.1) is 18.7 Å². The Bertz CT molecular complexity index is 1340. The number of rotatable bonds is 5. The lowest BCUT2D eigenvalue weighted by atomic mass is 9.97. The summed E-state index contributed by atoms with van der Waals surface area (Å²) in [5, 5.41) is 7.57. The van der Waals surface area contributed by atoms with E-state index in [-0.39, 0.29) is 46.7 Å². The molecule has 3 aromatic rings. The molecule has 34 heavy (non-hydrogen) atoms. The third-order valence-electron chi connectivity index (χ3n) is 6.75. The molecule has 1 aliphatic carbocycles. The van der Waals surface area contributed by atoms with Gasteiger partial charge < -0.3 is 16.0 Å². The Labute approximate surface area is 199 Å². The molecule has 1 saturated heterocycles. The number of aromatic nitrogens is 2. The fourth-order valence-corrected chi connectivity index (χ4v) is 5.40. The third kappa shape index (κ3) is 3.79. The van der Waals surface area contributed by atoms with Crippen LogP contribution >= 0.6 is 11.6 Å². The number of likely N-dealkylation sites (tertiary alicyclic amines) is 1. The number of nitrogens with one attached hydrogen (secondary N) is 1. The van der Waals surface area contributed by atoms with Crippen LogP contribution in [0.4, 0.5) is 10.1 Å². The number of nitrogens with zero attached hydrogens (tertiary/aromatic N) is 3. The lowest BCUT2D eigenvalue weighted by Gasteiger charge is -2.34. The number of primary amides is 1. The summed E-state index contributed by atoms with van der Waals surface area (Å²) in [6, 6.07) is 8.82. The number of aryl methyl sites for hydroxylation is 1. The maximum Gasteiger partial charge on any atom is 0.269 e. The molecule has 0 radical (unpaired) electrons. The van der Waals surface area contributed by atoms with Crippen molar-refractivity contribution < 1.29 is 18.8 Å². The standard InChI is InChI=1S/C24H23ClFN5O3/c1-12-2-7-19-16(8-12)21(23(27)33)29-30(19)11-20(32)31-15-5-3-13(9-15)22(31)24(34)28-14-4-6-17(25)18(26)10-14/h2,4,6-8,10,13,15,22H,3,5,9,11H2,1H3,(H2,27,33)(H,28,34)/t13-,15+,22-/m0/s1. The minimum atomic E-state index is -0.672. The van der Waals surface area contributed by atoms with Gasteiger partial charge in [-0.15, -0.1) is 0 Å². The summed E-state index contributed by atoms with van der Waals surface area (Å²) in [5.74, 6) is -1.90. The van der Waals surface area contributed by atoms with Crippen molar-refractivity contribution >= 4 is 45.9 Å². The molecule has 0 spiro atoms. The Morgan fingerprint density at radius 2 is 2.00 bits per heavy atom. The minimum absolute atomic E-state index is 0.0318. The number of hydrogen-bond donors (Lipinski definition) is 2. The second kappa shape index (κ2) is 8.39. The zero-order chi connectivity index (χ0) is 24.1. The Kier molecular flexibility index (Phi) is 5.51. The SMILES string of the molecule is Cc1ccc2c(c1)c(C(N)=O)nn2CC(=O)N1[C@@H]2CC[C@@H](C2)[C@H]1C(=O)Nc1ccc(Cl)c(F)c1. The quantitative estimate of drug-likeness (QED) is 0.580. The molecule has 2 heterocycles. The van der Waals surface area contributed by atoms with E-state index < -0.39 is 17.8 Å². The molecule has 0 unspecified atom stereocenters. The number of benzene rings is 2. The predicted molar refractivity (Wildman–Crippen MR) is 125 cm³/mol. The van der Waals surface area contributed by atoms with Crippen molar-refractivity contribution in [2.45, 2.75) is 44.8 Å². The summed E-state index contributed by atoms with van der Waals surface area (Å²) in [5.41, 5.74) is 7.45. The van der Waals surface area contributed by atoms with E-state index in [1.54, 1.807) is 11.0 Å². The van der Waals surface area contributed by atoms with Crippen molar-refractivity contribution in [3.05, 3.63) is 58.5 Å². The maximum absolute atomic E-state index is 13.8. The first-order valence-corrected chi connectivity index (χ1v) is 11.4. The van der Waals surface area contributed by atoms with Crippen LogP contribution in [0.2, 0.25) is 5.02 Å². The molecule has 1 saturated carbocycles. The van der Waals surface area contributed by atoms with Gasteiger partial charge in [-0.25, -0.2) is 4.39 Å². The number of halogens is 2. The number of amides is 3. The zero-order valence-corrected chi connectivity index (χ0v) is 19.2. The largest absolute Gasteiger partial charge is 0.364 e. The fraction of sp³-hybridized carbons (Fsp3) is 0.333. The average Bonchev–Trinajstić information content (AvgIpc) is 3.49. The van der Waals surface area contributed by atoms with Crippen LogP contribution in [0.5, 0.6) is 0 Å². The molecular weight excluding hydrogens is 461 g/mol. The first-order valence-electron chi connectivity index (χ1n) is 11.1. The minimum Gasteiger partial charge on any atom is -0.364 e. The number of nitrogens with two attached hydrogens (primary N) is 1. The van der Waals surface area contributed by atoms with Gasteiger partial charge in [0.1, 0.15) is 18.4 Å². The summed E-state index contributed by atoms with van der Waals surface area (Å²) in [6.45, 7) is 1.76.